The molecule has 1 aliphatic rings. The topological polar surface area (TPSA) is 68.7 Å². The maximum Gasteiger partial charge on any atom is 0.310 e. The van der Waals surface area contributed by atoms with Crippen LogP contribution in [0.4, 0.5) is 0 Å². The van der Waals surface area contributed by atoms with Crippen LogP contribution in [0, 0.1) is 12.8 Å². The van der Waals surface area contributed by atoms with Crippen LogP contribution in [0.25, 0.3) is 21.9 Å². The van der Waals surface area contributed by atoms with Gasteiger partial charge in [-0.3, -0.25) is 9.59 Å². The molecular formula is C25H25ClN2O4. The average Bonchev–Trinajstić information content (AvgIpc) is 3.29. The lowest BCUT2D eigenvalue weighted by atomic mass is 9.97. The third-order valence-electron chi connectivity index (χ3n) is 5.94. The van der Waals surface area contributed by atoms with Crippen LogP contribution in [0.3, 0.4) is 0 Å². The number of ether oxygens (including phenoxy) is 2. The van der Waals surface area contributed by atoms with E-state index in [4.69, 9.17) is 21.1 Å². The zero-order chi connectivity index (χ0) is 22.8. The first kappa shape index (κ1) is 22.1. The summed E-state index contributed by atoms with van der Waals surface area (Å²) in [5.74, 6) is -0.182. The second-order valence-electron chi connectivity index (χ2n) is 8.04. The molecule has 7 heteroatoms. The number of likely N-dealkylation sites (tertiary alicyclic amines) is 1. The Bertz CT molecular complexity index is 1180. The molecule has 0 bridgehead atoms. The highest BCUT2D eigenvalue weighted by Crippen LogP contribution is 2.35. The van der Waals surface area contributed by atoms with Gasteiger partial charge >= 0.3 is 5.97 Å². The van der Waals surface area contributed by atoms with Crippen molar-refractivity contribution in [3.05, 3.63) is 59.4 Å². The van der Waals surface area contributed by atoms with Crippen LogP contribution >= 0.6 is 11.6 Å². The van der Waals surface area contributed by atoms with Crippen LogP contribution in [0.15, 0.2) is 48.7 Å². The highest BCUT2D eigenvalue weighted by molar-refractivity contribution is 6.34. The minimum absolute atomic E-state index is 0.158. The molecule has 2 heterocycles. The van der Waals surface area contributed by atoms with E-state index in [0.717, 1.165) is 27.5 Å². The predicted octanol–water partition coefficient (Wildman–Crippen LogP) is 4.65. The first-order chi connectivity index (χ1) is 15.4. The lowest BCUT2D eigenvalue weighted by Gasteiger charge is -2.22. The van der Waals surface area contributed by atoms with Crippen molar-refractivity contribution < 1.29 is 19.1 Å². The molecule has 166 valence electrons. The van der Waals surface area contributed by atoms with E-state index in [0.29, 0.717) is 30.4 Å². The van der Waals surface area contributed by atoms with E-state index in [1.807, 2.05) is 30.3 Å². The number of aromatic nitrogens is 1. The summed E-state index contributed by atoms with van der Waals surface area (Å²) in [4.78, 5) is 30.6. The highest BCUT2D eigenvalue weighted by Gasteiger charge is 2.34. The van der Waals surface area contributed by atoms with E-state index in [-0.39, 0.29) is 17.8 Å². The Kier molecular flexibility index (Phi) is 6.33. The number of carbonyl (C=O) groups excluding carboxylic acids is 2. The fourth-order valence-electron chi connectivity index (χ4n) is 4.18. The molecule has 1 saturated heterocycles. The zero-order valence-electron chi connectivity index (χ0n) is 18.3. The summed E-state index contributed by atoms with van der Waals surface area (Å²) >= 11 is 6.40. The Hall–Kier alpha value is -3.12. The standard InChI is InChI=1S/C25H25ClN2O4/c1-15-6-4-5-7-19(15)22-13-27-23(26)21-12-18(8-9-20(21)22)32-16(2)24(29)28-11-10-17(14-28)25(30)31-3/h4-9,12-13,16-17H,10-11,14H2,1-3H3/t16-,17+/m1/s1. The number of rotatable bonds is 5. The van der Waals surface area contributed by atoms with Gasteiger partial charge in [0, 0.05) is 30.2 Å². The normalized spacial score (nSPS) is 16.8. The van der Waals surface area contributed by atoms with Gasteiger partial charge in [-0.2, -0.15) is 0 Å². The van der Waals surface area contributed by atoms with Crippen molar-refractivity contribution in [1.82, 2.24) is 9.88 Å². The molecule has 0 aliphatic carbocycles. The fraction of sp³-hybridized carbons (Fsp3) is 0.320. The van der Waals surface area contributed by atoms with Gasteiger partial charge in [0.25, 0.3) is 5.91 Å². The molecule has 0 spiro atoms. The number of pyridine rings is 1. The molecule has 4 rings (SSSR count). The Balaban J connectivity index is 1.56. The maximum atomic E-state index is 12.8. The van der Waals surface area contributed by atoms with Gasteiger partial charge in [0.2, 0.25) is 0 Å². The molecule has 32 heavy (non-hydrogen) atoms. The minimum atomic E-state index is -0.699. The minimum Gasteiger partial charge on any atom is -0.481 e. The molecule has 0 radical (unpaired) electrons. The Morgan fingerprint density at radius 3 is 2.69 bits per heavy atom. The van der Waals surface area contributed by atoms with Crippen LogP contribution in [0.1, 0.15) is 18.9 Å². The number of carbonyl (C=O) groups is 2. The van der Waals surface area contributed by atoms with Gasteiger partial charge in [-0.05, 0) is 55.0 Å². The molecule has 0 N–H and O–H groups in total. The predicted molar refractivity (Wildman–Crippen MR) is 124 cm³/mol. The van der Waals surface area contributed by atoms with Crippen molar-refractivity contribution >= 4 is 34.2 Å². The second-order valence-corrected chi connectivity index (χ2v) is 8.40. The number of hydrogen-bond donors (Lipinski definition) is 0. The third-order valence-corrected chi connectivity index (χ3v) is 6.24. The lowest BCUT2D eigenvalue weighted by molar-refractivity contribution is -0.145. The Labute approximate surface area is 192 Å². The van der Waals surface area contributed by atoms with Crippen LogP contribution in [0.2, 0.25) is 5.15 Å². The number of fused-ring (bicyclic) bond motifs is 1. The van der Waals surface area contributed by atoms with E-state index >= 15 is 0 Å². The van der Waals surface area contributed by atoms with Crippen LogP contribution < -0.4 is 4.74 Å². The molecule has 1 amide bonds. The average molecular weight is 453 g/mol. The van der Waals surface area contributed by atoms with Gasteiger partial charge in [0.1, 0.15) is 10.9 Å². The monoisotopic (exact) mass is 452 g/mol. The molecule has 2 aromatic carbocycles. The van der Waals surface area contributed by atoms with E-state index in [1.165, 1.54) is 7.11 Å². The summed E-state index contributed by atoms with van der Waals surface area (Å²) in [5.41, 5.74) is 3.23. The van der Waals surface area contributed by atoms with Crippen molar-refractivity contribution in [2.75, 3.05) is 20.2 Å². The zero-order valence-corrected chi connectivity index (χ0v) is 19.1. The van der Waals surface area contributed by atoms with Gasteiger partial charge in [-0.15, -0.1) is 0 Å². The number of hydrogen-bond acceptors (Lipinski definition) is 5. The van der Waals surface area contributed by atoms with Crippen molar-refractivity contribution in [3.63, 3.8) is 0 Å². The molecule has 2 atom stereocenters. The van der Waals surface area contributed by atoms with E-state index in [2.05, 4.69) is 24.0 Å². The van der Waals surface area contributed by atoms with Gasteiger partial charge in [-0.25, -0.2) is 4.98 Å². The summed E-state index contributed by atoms with van der Waals surface area (Å²) < 4.78 is 10.7. The summed E-state index contributed by atoms with van der Waals surface area (Å²) in [7, 11) is 1.36. The summed E-state index contributed by atoms with van der Waals surface area (Å²) in [6, 6.07) is 13.7. The van der Waals surface area contributed by atoms with Gasteiger partial charge < -0.3 is 14.4 Å². The number of methoxy groups -OCH3 is 1. The molecule has 0 saturated carbocycles. The first-order valence-electron chi connectivity index (χ1n) is 10.6. The Morgan fingerprint density at radius 1 is 1.16 bits per heavy atom. The van der Waals surface area contributed by atoms with Crippen molar-refractivity contribution in [3.8, 4) is 16.9 Å². The van der Waals surface area contributed by atoms with Gasteiger partial charge in [0.15, 0.2) is 6.10 Å². The third kappa shape index (κ3) is 4.28. The van der Waals surface area contributed by atoms with Gasteiger partial charge in [0.05, 0.1) is 13.0 Å². The molecule has 0 unspecified atom stereocenters. The highest BCUT2D eigenvalue weighted by atomic mass is 35.5. The van der Waals surface area contributed by atoms with Crippen LogP contribution in [-0.2, 0) is 14.3 Å². The van der Waals surface area contributed by atoms with E-state index in [9.17, 15) is 9.59 Å². The molecule has 1 aliphatic heterocycles. The second kappa shape index (κ2) is 9.17. The van der Waals surface area contributed by atoms with Crippen molar-refractivity contribution in [1.29, 1.82) is 0 Å². The number of aryl methyl sites for hydroxylation is 1. The largest absolute Gasteiger partial charge is 0.481 e. The molecule has 6 nitrogen and oxygen atoms in total. The molecule has 1 fully saturated rings. The van der Waals surface area contributed by atoms with Crippen molar-refractivity contribution in [2.24, 2.45) is 5.92 Å². The van der Waals surface area contributed by atoms with Crippen molar-refractivity contribution in [2.45, 2.75) is 26.4 Å². The number of benzene rings is 2. The quantitative estimate of drug-likeness (QED) is 0.416. The van der Waals surface area contributed by atoms with E-state index < -0.39 is 6.10 Å². The smallest absolute Gasteiger partial charge is 0.310 e. The number of halogens is 1. The van der Waals surface area contributed by atoms with Gasteiger partial charge in [-0.1, -0.05) is 35.9 Å². The fourth-order valence-corrected chi connectivity index (χ4v) is 4.39. The van der Waals surface area contributed by atoms with Crippen LogP contribution in [0.5, 0.6) is 5.75 Å². The molecule has 3 aromatic rings. The summed E-state index contributed by atoms with van der Waals surface area (Å²) in [5, 5.41) is 2.10. The lowest BCUT2D eigenvalue weighted by Crippen LogP contribution is -2.39. The number of nitrogens with zero attached hydrogens (tertiary/aromatic N) is 2. The number of esters is 1. The molecule has 1 aromatic heterocycles. The summed E-state index contributed by atoms with van der Waals surface area (Å²) in [6.07, 6.45) is 1.68. The van der Waals surface area contributed by atoms with E-state index in [1.54, 1.807) is 18.0 Å². The Morgan fingerprint density at radius 2 is 1.94 bits per heavy atom. The first-order valence-corrected chi connectivity index (χ1v) is 10.9. The summed E-state index contributed by atoms with van der Waals surface area (Å²) in [6.45, 7) is 4.64. The SMILES string of the molecule is COC(=O)[C@H]1CCN(C(=O)[C@@H](C)Oc2ccc3c(-c4ccccc4C)cnc(Cl)c3c2)C1. The maximum absolute atomic E-state index is 12.8. The van der Waals surface area contributed by atoms with Crippen LogP contribution in [-0.4, -0.2) is 48.1 Å². The molecular weight excluding hydrogens is 428 g/mol. The number of amides is 1.